The smallest absolute Gasteiger partial charge is 0.295 e. The second-order valence-corrected chi connectivity index (χ2v) is 8.96. The zero-order valence-corrected chi connectivity index (χ0v) is 19.6. The number of rotatable bonds is 8. The van der Waals surface area contributed by atoms with Crippen molar-refractivity contribution in [2.45, 2.75) is 19.9 Å². The van der Waals surface area contributed by atoms with Gasteiger partial charge in [-0.3, -0.25) is 19.5 Å². The Bertz CT molecular complexity index is 1030. The molecule has 2 fully saturated rings. The van der Waals surface area contributed by atoms with Crippen LogP contribution in [0.5, 0.6) is 5.75 Å². The molecular weight excluding hydrogens is 434 g/mol. The normalized spacial score (nSPS) is 20.8. The van der Waals surface area contributed by atoms with E-state index in [4.69, 9.17) is 9.47 Å². The standard InChI is InChI=1S/C26H31N3O5/c1-18(2)17-34-21-7-5-19(6-8-21)24(30)22-23(20-4-3-9-27-16-20)29(26(32)25(22)31)11-10-28-12-14-33-15-13-28/h3-9,16,18,23,30H,10-15,17H2,1-2H3/b24-22+/t23-/m1/s1. The van der Waals surface area contributed by atoms with E-state index in [9.17, 15) is 14.7 Å². The average Bonchev–Trinajstić information content (AvgIpc) is 3.12. The monoisotopic (exact) mass is 465 g/mol. The second kappa shape index (κ2) is 10.8. The summed E-state index contributed by atoms with van der Waals surface area (Å²) in [6, 6.07) is 9.79. The first-order valence-electron chi connectivity index (χ1n) is 11.7. The molecule has 0 saturated carbocycles. The number of nitrogens with zero attached hydrogens (tertiary/aromatic N) is 3. The number of ketones is 1. The number of carbonyl (C=O) groups excluding carboxylic acids is 2. The van der Waals surface area contributed by atoms with Crippen LogP contribution in [-0.2, 0) is 14.3 Å². The van der Waals surface area contributed by atoms with Gasteiger partial charge in [-0.1, -0.05) is 19.9 Å². The number of aliphatic hydroxyl groups excluding tert-OH is 1. The Morgan fingerprint density at radius 1 is 1.15 bits per heavy atom. The van der Waals surface area contributed by atoms with E-state index < -0.39 is 17.7 Å². The number of ether oxygens (including phenoxy) is 2. The maximum absolute atomic E-state index is 13.1. The first-order chi connectivity index (χ1) is 16.5. The number of benzene rings is 1. The summed E-state index contributed by atoms with van der Waals surface area (Å²) in [7, 11) is 0. The fourth-order valence-electron chi connectivity index (χ4n) is 4.20. The fourth-order valence-corrected chi connectivity index (χ4v) is 4.20. The number of amides is 1. The Morgan fingerprint density at radius 2 is 1.88 bits per heavy atom. The van der Waals surface area contributed by atoms with Crippen LogP contribution in [0.3, 0.4) is 0 Å². The molecule has 1 atom stereocenters. The van der Waals surface area contributed by atoms with Crippen molar-refractivity contribution in [2.24, 2.45) is 5.92 Å². The van der Waals surface area contributed by atoms with E-state index in [1.54, 1.807) is 47.6 Å². The van der Waals surface area contributed by atoms with E-state index in [1.165, 1.54) is 0 Å². The number of carbonyl (C=O) groups is 2. The fraction of sp³-hybridized carbons (Fsp3) is 0.423. The van der Waals surface area contributed by atoms with Gasteiger partial charge in [0.25, 0.3) is 11.7 Å². The maximum atomic E-state index is 13.1. The quantitative estimate of drug-likeness (QED) is 0.364. The summed E-state index contributed by atoms with van der Waals surface area (Å²) in [5.41, 5.74) is 1.22. The van der Waals surface area contributed by atoms with Crippen molar-refractivity contribution in [3.8, 4) is 5.75 Å². The lowest BCUT2D eigenvalue weighted by Gasteiger charge is -2.30. The Morgan fingerprint density at radius 3 is 2.53 bits per heavy atom. The highest BCUT2D eigenvalue weighted by molar-refractivity contribution is 6.46. The third-order valence-electron chi connectivity index (χ3n) is 6.01. The number of Topliss-reactive ketones (excluding diaryl/α,β-unsaturated/α-hetero) is 1. The Kier molecular flexibility index (Phi) is 7.59. The molecule has 8 nitrogen and oxygen atoms in total. The van der Waals surface area contributed by atoms with Gasteiger partial charge in [-0.2, -0.15) is 0 Å². The molecule has 1 aromatic heterocycles. The van der Waals surface area contributed by atoms with Gasteiger partial charge in [-0.15, -0.1) is 0 Å². The number of aliphatic hydroxyl groups is 1. The third-order valence-corrected chi connectivity index (χ3v) is 6.01. The van der Waals surface area contributed by atoms with Crippen molar-refractivity contribution in [1.29, 1.82) is 0 Å². The van der Waals surface area contributed by atoms with Gasteiger partial charge in [0, 0.05) is 44.1 Å². The zero-order valence-electron chi connectivity index (χ0n) is 19.6. The lowest BCUT2D eigenvalue weighted by molar-refractivity contribution is -0.140. The van der Waals surface area contributed by atoms with Crippen LogP contribution in [0.25, 0.3) is 5.76 Å². The minimum Gasteiger partial charge on any atom is -0.507 e. The summed E-state index contributed by atoms with van der Waals surface area (Å²) in [6.45, 7) is 8.58. The van der Waals surface area contributed by atoms with Gasteiger partial charge in [-0.05, 0) is 41.8 Å². The first-order valence-corrected chi connectivity index (χ1v) is 11.7. The summed E-state index contributed by atoms with van der Waals surface area (Å²) >= 11 is 0. The highest BCUT2D eigenvalue weighted by atomic mass is 16.5. The van der Waals surface area contributed by atoms with Crippen LogP contribution in [0.2, 0.25) is 0 Å². The number of aromatic nitrogens is 1. The molecule has 1 amide bonds. The highest BCUT2D eigenvalue weighted by Gasteiger charge is 2.46. The van der Waals surface area contributed by atoms with Crippen LogP contribution in [0, 0.1) is 5.92 Å². The molecular formula is C26H31N3O5. The molecule has 2 aliphatic heterocycles. The summed E-state index contributed by atoms with van der Waals surface area (Å²) in [4.78, 5) is 34.1. The van der Waals surface area contributed by atoms with Gasteiger partial charge in [0.15, 0.2) is 0 Å². The summed E-state index contributed by atoms with van der Waals surface area (Å²) in [5, 5.41) is 11.2. The SMILES string of the molecule is CC(C)COc1ccc(/C(O)=C2\C(=O)C(=O)N(CCN3CCOCC3)[C@@H]2c2cccnc2)cc1. The van der Waals surface area contributed by atoms with Gasteiger partial charge in [0.05, 0.1) is 31.4 Å². The van der Waals surface area contributed by atoms with Crippen LogP contribution in [0.4, 0.5) is 0 Å². The van der Waals surface area contributed by atoms with Gasteiger partial charge < -0.3 is 19.5 Å². The average molecular weight is 466 g/mol. The van der Waals surface area contributed by atoms with Crippen molar-refractivity contribution < 1.29 is 24.2 Å². The molecule has 0 aliphatic carbocycles. The number of hydrogen-bond acceptors (Lipinski definition) is 7. The molecule has 2 saturated heterocycles. The Labute approximate surface area is 199 Å². The molecule has 1 N–H and O–H groups in total. The van der Waals surface area contributed by atoms with Crippen LogP contribution < -0.4 is 4.74 Å². The molecule has 4 rings (SSSR count). The van der Waals surface area contributed by atoms with Crippen LogP contribution in [-0.4, -0.2) is 77.6 Å². The van der Waals surface area contributed by atoms with Crippen molar-refractivity contribution in [3.63, 3.8) is 0 Å². The zero-order chi connectivity index (χ0) is 24.1. The lowest BCUT2D eigenvalue weighted by Crippen LogP contribution is -2.42. The number of hydrogen-bond donors (Lipinski definition) is 1. The molecule has 180 valence electrons. The molecule has 2 aromatic rings. The molecule has 34 heavy (non-hydrogen) atoms. The van der Waals surface area contributed by atoms with E-state index in [-0.39, 0.29) is 11.3 Å². The van der Waals surface area contributed by atoms with Crippen molar-refractivity contribution in [3.05, 3.63) is 65.5 Å². The van der Waals surface area contributed by atoms with E-state index in [1.807, 2.05) is 6.07 Å². The van der Waals surface area contributed by atoms with E-state index in [0.717, 1.165) is 13.1 Å². The number of pyridine rings is 1. The first kappa shape index (κ1) is 23.9. The molecule has 1 aromatic carbocycles. The van der Waals surface area contributed by atoms with Crippen LogP contribution >= 0.6 is 0 Å². The minimum atomic E-state index is -0.702. The van der Waals surface area contributed by atoms with Gasteiger partial charge in [0.2, 0.25) is 0 Å². The number of likely N-dealkylation sites (tertiary alicyclic amines) is 1. The third kappa shape index (κ3) is 5.29. The summed E-state index contributed by atoms with van der Waals surface area (Å²) in [6.07, 6.45) is 3.27. The Balaban J connectivity index is 1.64. The lowest BCUT2D eigenvalue weighted by atomic mass is 9.96. The molecule has 8 heteroatoms. The molecule has 2 aliphatic rings. The largest absolute Gasteiger partial charge is 0.507 e. The van der Waals surface area contributed by atoms with Crippen molar-refractivity contribution in [2.75, 3.05) is 46.0 Å². The van der Waals surface area contributed by atoms with Crippen molar-refractivity contribution in [1.82, 2.24) is 14.8 Å². The second-order valence-electron chi connectivity index (χ2n) is 8.96. The van der Waals surface area contributed by atoms with E-state index >= 15 is 0 Å². The minimum absolute atomic E-state index is 0.0795. The summed E-state index contributed by atoms with van der Waals surface area (Å²) < 4.78 is 11.1. The van der Waals surface area contributed by atoms with Gasteiger partial charge in [-0.25, -0.2) is 0 Å². The van der Waals surface area contributed by atoms with Crippen molar-refractivity contribution >= 4 is 17.4 Å². The topological polar surface area (TPSA) is 92.2 Å². The number of morpholine rings is 1. The maximum Gasteiger partial charge on any atom is 0.295 e. The highest BCUT2D eigenvalue weighted by Crippen LogP contribution is 2.39. The van der Waals surface area contributed by atoms with Crippen LogP contribution in [0.1, 0.15) is 31.0 Å². The predicted octanol–water partition coefficient (Wildman–Crippen LogP) is 2.87. The molecule has 0 unspecified atom stereocenters. The predicted molar refractivity (Wildman–Crippen MR) is 127 cm³/mol. The van der Waals surface area contributed by atoms with Gasteiger partial charge >= 0.3 is 0 Å². The summed E-state index contributed by atoms with van der Waals surface area (Å²) in [5.74, 6) is -0.425. The molecule has 0 radical (unpaired) electrons. The van der Waals surface area contributed by atoms with E-state index in [2.05, 4.69) is 23.7 Å². The van der Waals surface area contributed by atoms with Gasteiger partial charge in [0.1, 0.15) is 11.5 Å². The van der Waals surface area contributed by atoms with E-state index in [0.29, 0.717) is 55.7 Å². The molecule has 0 bridgehead atoms. The molecule has 3 heterocycles. The van der Waals surface area contributed by atoms with Crippen LogP contribution in [0.15, 0.2) is 54.4 Å². The molecule has 0 spiro atoms. The Hall–Kier alpha value is -3.23.